The average Bonchev–Trinajstić information content (AvgIpc) is 2.92. The lowest BCUT2D eigenvalue weighted by molar-refractivity contribution is 0.610. The first kappa shape index (κ1) is 27.1. The van der Waals surface area contributed by atoms with Gasteiger partial charge in [-0.3, -0.25) is 0 Å². The zero-order valence-corrected chi connectivity index (χ0v) is 18.6. The molecule has 0 spiro atoms. The molecule has 150 valence electrons. The highest BCUT2D eigenvalue weighted by atomic mass is 32.2. The van der Waals surface area contributed by atoms with Crippen LogP contribution in [-0.2, 0) is 9.84 Å². The Labute approximate surface area is 167 Å². The lowest BCUT2D eigenvalue weighted by atomic mass is 10.0. The molecule has 0 bridgehead atoms. The van der Waals surface area contributed by atoms with Gasteiger partial charge in [0, 0.05) is 11.1 Å². The SMILES string of the molecule is C=CC1=C(/C=C\C(C)C=C)S(=O)(=O)C(/C=C\C(C)C=C)=C1C=C.CC.CC. The van der Waals surface area contributed by atoms with Gasteiger partial charge in [0.2, 0.25) is 9.84 Å². The van der Waals surface area contributed by atoms with Crippen molar-refractivity contribution in [3.8, 4) is 0 Å². The van der Waals surface area contributed by atoms with Crippen LogP contribution in [-0.4, -0.2) is 8.42 Å². The van der Waals surface area contributed by atoms with E-state index in [1.54, 1.807) is 36.5 Å². The Morgan fingerprint density at radius 1 is 0.704 bits per heavy atom. The Kier molecular flexibility index (Phi) is 14.0. The lowest BCUT2D eigenvalue weighted by Crippen LogP contribution is -2.01. The molecule has 0 aromatic heterocycles. The Morgan fingerprint density at radius 3 is 1.22 bits per heavy atom. The number of hydrogen-bond acceptors (Lipinski definition) is 2. The van der Waals surface area contributed by atoms with Crippen LogP contribution in [0.1, 0.15) is 41.5 Å². The summed E-state index contributed by atoms with van der Waals surface area (Å²) in [5.74, 6) is 0.160. The molecule has 0 saturated carbocycles. The van der Waals surface area contributed by atoms with Gasteiger partial charge >= 0.3 is 0 Å². The van der Waals surface area contributed by atoms with Crippen LogP contribution in [0.25, 0.3) is 0 Å². The fourth-order valence-electron chi connectivity index (χ4n) is 2.09. The predicted molar refractivity (Wildman–Crippen MR) is 123 cm³/mol. The summed E-state index contributed by atoms with van der Waals surface area (Å²) in [7, 11) is -3.58. The van der Waals surface area contributed by atoms with Crippen molar-refractivity contribution >= 4 is 9.84 Å². The van der Waals surface area contributed by atoms with Gasteiger partial charge in [-0.1, -0.05) is 91.2 Å². The van der Waals surface area contributed by atoms with Crippen LogP contribution in [0, 0.1) is 11.8 Å². The molecular formula is C24H36O2S. The number of sulfone groups is 1. The molecule has 2 nitrogen and oxygen atoms in total. The van der Waals surface area contributed by atoms with Gasteiger partial charge in [0.05, 0.1) is 9.81 Å². The number of hydrogen-bond donors (Lipinski definition) is 0. The number of allylic oxidation sites excluding steroid dienone is 10. The third-order valence-corrected chi connectivity index (χ3v) is 5.52. The van der Waals surface area contributed by atoms with Gasteiger partial charge in [-0.25, -0.2) is 8.42 Å². The van der Waals surface area contributed by atoms with E-state index in [9.17, 15) is 8.42 Å². The van der Waals surface area contributed by atoms with Crippen molar-refractivity contribution in [3.05, 3.63) is 95.9 Å². The number of rotatable bonds is 8. The standard InChI is InChI=1S/C20H24O2S.2C2H6/c1-7-15(5)11-13-19-17(9-3)18(10-4)20(23(19,21)22)14-12-16(6)8-2;2*1-2/h7-16H,1-4H2,5-6H3;2*1-2H3/b13-11-,14-12-;;. The molecule has 2 unspecified atom stereocenters. The summed E-state index contributed by atoms with van der Waals surface area (Å²) in [6.07, 6.45) is 13.5. The van der Waals surface area contributed by atoms with Crippen LogP contribution < -0.4 is 0 Å². The van der Waals surface area contributed by atoms with Gasteiger partial charge in [0.1, 0.15) is 0 Å². The lowest BCUT2D eigenvalue weighted by Gasteiger charge is -2.03. The molecule has 0 N–H and O–H groups in total. The van der Waals surface area contributed by atoms with Crippen LogP contribution in [0.3, 0.4) is 0 Å². The highest BCUT2D eigenvalue weighted by Gasteiger charge is 2.32. The molecule has 0 aliphatic carbocycles. The van der Waals surface area contributed by atoms with E-state index in [0.29, 0.717) is 11.1 Å². The van der Waals surface area contributed by atoms with Crippen molar-refractivity contribution in [1.82, 2.24) is 0 Å². The van der Waals surface area contributed by atoms with Crippen molar-refractivity contribution in [2.24, 2.45) is 11.8 Å². The molecule has 27 heavy (non-hydrogen) atoms. The molecule has 2 atom stereocenters. The molecule has 0 radical (unpaired) electrons. The van der Waals surface area contributed by atoms with Gasteiger partial charge in [0.25, 0.3) is 0 Å². The van der Waals surface area contributed by atoms with Crippen molar-refractivity contribution in [3.63, 3.8) is 0 Å². The summed E-state index contributed by atoms with van der Waals surface area (Å²) in [5, 5.41) is 0. The van der Waals surface area contributed by atoms with E-state index >= 15 is 0 Å². The van der Waals surface area contributed by atoms with Gasteiger partial charge in [-0.05, 0) is 24.0 Å². The summed E-state index contributed by atoms with van der Waals surface area (Å²) in [6.45, 7) is 26.8. The molecule has 1 rings (SSSR count). The van der Waals surface area contributed by atoms with Gasteiger partial charge < -0.3 is 0 Å². The summed E-state index contributed by atoms with van der Waals surface area (Å²) >= 11 is 0. The zero-order chi connectivity index (χ0) is 21.6. The predicted octanol–water partition coefficient (Wildman–Crippen LogP) is 7.10. The summed E-state index contributed by atoms with van der Waals surface area (Å²) in [5.41, 5.74) is 1.16. The maximum Gasteiger partial charge on any atom is 0.207 e. The minimum absolute atomic E-state index is 0.0799. The van der Waals surface area contributed by atoms with E-state index in [0.717, 1.165) is 0 Å². The van der Waals surface area contributed by atoms with Crippen molar-refractivity contribution in [2.75, 3.05) is 0 Å². The average molecular weight is 389 g/mol. The summed E-state index contributed by atoms with van der Waals surface area (Å²) in [4.78, 5) is 0.504. The quantitative estimate of drug-likeness (QED) is 0.415. The maximum atomic E-state index is 12.9. The highest BCUT2D eigenvalue weighted by molar-refractivity contribution is 7.99. The highest BCUT2D eigenvalue weighted by Crippen LogP contribution is 2.38. The molecule has 0 amide bonds. The Bertz CT molecular complexity index is 683. The topological polar surface area (TPSA) is 34.1 Å². The molecular weight excluding hydrogens is 352 g/mol. The van der Waals surface area contributed by atoms with Crippen LogP contribution >= 0.6 is 0 Å². The van der Waals surface area contributed by atoms with Crippen molar-refractivity contribution in [2.45, 2.75) is 41.5 Å². The Morgan fingerprint density at radius 2 is 1.00 bits per heavy atom. The van der Waals surface area contributed by atoms with E-state index in [4.69, 9.17) is 0 Å². The van der Waals surface area contributed by atoms with Gasteiger partial charge in [-0.2, -0.15) is 0 Å². The van der Waals surface area contributed by atoms with E-state index in [2.05, 4.69) is 26.3 Å². The van der Waals surface area contributed by atoms with E-state index in [1.807, 2.05) is 53.7 Å². The Hall–Kier alpha value is -2.13. The fraction of sp³-hybridized carbons (Fsp3) is 0.333. The Balaban J connectivity index is 0. The zero-order valence-electron chi connectivity index (χ0n) is 17.8. The van der Waals surface area contributed by atoms with E-state index in [1.165, 1.54) is 0 Å². The third-order valence-electron chi connectivity index (χ3n) is 3.65. The molecule has 1 aliphatic heterocycles. The first-order valence-corrected chi connectivity index (χ1v) is 10.9. The molecule has 0 aromatic carbocycles. The smallest absolute Gasteiger partial charge is 0.207 e. The second-order valence-electron chi connectivity index (χ2n) is 5.38. The molecule has 0 fully saturated rings. The normalized spacial score (nSPS) is 17.6. The first-order chi connectivity index (χ1) is 12.8. The molecule has 3 heteroatoms. The molecule has 0 aromatic rings. The van der Waals surface area contributed by atoms with E-state index < -0.39 is 9.84 Å². The van der Waals surface area contributed by atoms with E-state index in [-0.39, 0.29) is 21.6 Å². The summed E-state index contributed by atoms with van der Waals surface area (Å²) in [6, 6.07) is 0. The molecule has 0 saturated heterocycles. The van der Waals surface area contributed by atoms with Crippen LogP contribution in [0.5, 0.6) is 0 Å². The largest absolute Gasteiger partial charge is 0.218 e. The second kappa shape index (κ2) is 14.0. The molecule has 1 aliphatic rings. The van der Waals surface area contributed by atoms with Crippen LogP contribution in [0.4, 0.5) is 0 Å². The van der Waals surface area contributed by atoms with Crippen molar-refractivity contribution in [1.29, 1.82) is 0 Å². The van der Waals surface area contributed by atoms with Gasteiger partial charge in [0.15, 0.2) is 0 Å². The minimum Gasteiger partial charge on any atom is -0.218 e. The first-order valence-electron chi connectivity index (χ1n) is 9.43. The second-order valence-corrected chi connectivity index (χ2v) is 7.26. The van der Waals surface area contributed by atoms with Crippen LogP contribution in [0.15, 0.2) is 95.9 Å². The van der Waals surface area contributed by atoms with Gasteiger partial charge in [-0.15, -0.1) is 13.2 Å². The van der Waals surface area contributed by atoms with Crippen molar-refractivity contribution < 1.29 is 8.42 Å². The third kappa shape index (κ3) is 7.18. The monoisotopic (exact) mass is 388 g/mol. The fourth-order valence-corrected chi connectivity index (χ4v) is 3.81. The minimum atomic E-state index is -3.58. The molecule has 1 heterocycles. The van der Waals surface area contributed by atoms with Crippen LogP contribution in [0.2, 0.25) is 0 Å². The summed E-state index contributed by atoms with van der Waals surface area (Å²) < 4.78 is 25.7. The maximum absolute atomic E-state index is 12.9.